The van der Waals surface area contributed by atoms with E-state index in [1.165, 1.54) is 18.4 Å². The number of thiazole rings is 1. The average molecular weight is 385 g/mol. The van der Waals surface area contributed by atoms with Crippen molar-refractivity contribution in [1.29, 1.82) is 0 Å². The third-order valence-electron chi connectivity index (χ3n) is 3.86. The molecule has 0 unspecified atom stereocenters. The molecule has 0 aliphatic heterocycles. The lowest BCUT2D eigenvalue weighted by molar-refractivity contribution is 0.0465. The Morgan fingerprint density at radius 1 is 0.963 bits per heavy atom. The van der Waals surface area contributed by atoms with E-state index < -0.39 is 5.97 Å². The van der Waals surface area contributed by atoms with Crippen molar-refractivity contribution in [2.45, 2.75) is 6.61 Å². The predicted octanol–water partition coefficient (Wildman–Crippen LogP) is 4.19. The van der Waals surface area contributed by atoms with Crippen LogP contribution in [0.25, 0.3) is 10.6 Å². The lowest BCUT2D eigenvalue weighted by Gasteiger charge is -2.08. The highest BCUT2D eigenvalue weighted by Gasteiger charge is 2.14. The van der Waals surface area contributed by atoms with E-state index in [9.17, 15) is 4.79 Å². The van der Waals surface area contributed by atoms with Gasteiger partial charge in [0.1, 0.15) is 22.9 Å². The van der Waals surface area contributed by atoms with Gasteiger partial charge in [-0.3, -0.25) is 0 Å². The molecule has 1 aromatic heterocycles. The van der Waals surface area contributed by atoms with Gasteiger partial charge >= 0.3 is 5.97 Å². The number of rotatable bonds is 7. The maximum atomic E-state index is 12.3. The Morgan fingerprint density at radius 2 is 1.70 bits per heavy atom. The maximum absolute atomic E-state index is 12.3. The van der Waals surface area contributed by atoms with E-state index in [4.69, 9.17) is 18.9 Å². The van der Waals surface area contributed by atoms with Gasteiger partial charge in [0.05, 0.1) is 27.0 Å². The molecule has 3 rings (SSSR count). The van der Waals surface area contributed by atoms with Gasteiger partial charge in [0.2, 0.25) is 0 Å². The van der Waals surface area contributed by atoms with Crippen molar-refractivity contribution in [2.75, 3.05) is 21.3 Å². The summed E-state index contributed by atoms with van der Waals surface area (Å²) in [5, 5.41) is 2.67. The van der Waals surface area contributed by atoms with Crippen molar-refractivity contribution in [3.63, 3.8) is 0 Å². The number of esters is 1. The number of nitrogens with zero attached hydrogens (tertiary/aromatic N) is 1. The number of ether oxygens (including phenoxy) is 4. The molecule has 0 atom stereocenters. The number of carbonyl (C=O) groups excluding carboxylic acids is 1. The predicted molar refractivity (Wildman–Crippen MR) is 103 cm³/mol. The van der Waals surface area contributed by atoms with Gasteiger partial charge in [-0.25, -0.2) is 9.78 Å². The zero-order chi connectivity index (χ0) is 19.2. The standard InChI is InChI=1S/C20H19NO5S/c1-23-16-7-5-4-6-15(16)20(22)26-11-14-12-27-19(21-14)13-8-9-17(24-2)18(10-13)25-3/h4-10,12H,11H2,1-3H3. The molecular formula is C20H19NO5S. The van der Waals surface area contributed by atoms with Gasteiger partial charge in [-0.05, 0) is 30.3 Å². The first kappa shape index (κ1) is 18.7. The van der Waals surface area contributed by atoms with E-state index in [-0.39, 0.29) is 6.61 Å². The fourth-order valence-corrected chi connectivity index (χ4v) is 3.31. The third-order valence-corrected chi connectivity index (χ3v) is 4.80. The Balaban J connectivity index is 1.70. The number of benzene rings is 2. The maximum Gasteiger partial charge on any atom is 0.342 e. The van der Waals surface area contributed by atoms with Crippen LogP contribution in [0.2, 0.25) is 0 Å². The van der Waals surface area contributed by atoms with Gasteiger partial charge in [0.25, 0.3) is 0 Å². The summed E-state index contributed by atoms with van der Waals surface area (Å²) in [7, 11) is 4.70. The van der Waals surface area contributed by atoms with Crippen LogP contribution in [0.1, 0.15) is 16.1 Å². The smallest absolute Gasteiger partial charge is 0.342 e. The highest BCUT2D eigenvalue weighted by molar-refractivity contribution is 7.13. The summed E-state index contributed by atoms with van der Waals surface area (Å²) in [4.78, 5) is 16.8. The van der Waals surface area contributed by atoms with E-state index in [1.54, 1.807) is 38.5 Å². The molecule has 0 radical (unpaired) electrons. The van der Waals surface area contributed by atoms with Crippen molar-refractivity contribution < 1.29 is 23.7 Å². The molecule has 27 heavy (non-hydrogen) atoms. The first-order chi connectivity index (χ1) is 13.2. The molecule has 3 aromatic rings. The minimum absolute atomic E-state index is 0.0840. The second-order valence-electron chi connectivity index (χ2n) is 5.49. The van der Waals surface area contributed by atoms with Gasteiger partial charge < -0.3 is 18.9 Å². The summed E-state index contributed by atoms with van der Waals surface area (Å²) >= 11 is 1.47. The number of hydrogen-bond acceptors (Lipinski definition) is 7. The second kappa shape index (κ2) is 8.55. The molecule has 0 saturated heterocycles. The van der Waals surface area contributed by atoms with Crippen molar-refractivity contribution in [1.82, 2.24) is 4.98 Å². The minimum Gasteiger partial charge on any atom is -0.496 e. The first-order valence-electron chi connectivity index (χ1n) is 8.13. The van der Waals surface area contributed by atoms with Gasteiger partial charge in [-0.15, -0.1) is 11.3 Å². The summed E-state index contributed by atoms with van der Waals surface area (Å²) in [5.74, 6) is 1.32. The van der Waals surface area contributed by atoms with Gasteiger partial charge in [0, 0.05) is 10.9 Å². The fourth-order valence-electron chi connectivity index (χ4n) is 2.51. The number of aromatic nitrogens is 1. The molecule has 7 heteroatoms. The van der Waals surface area contributed by atoms with Gasteiger partial charge in [0.15, 0.2) is 11.5 Å². The van der Waals surface area contributed by atoms with Crippen molar-refractivity contribution in [3.8, 4) is 27.8 Å². The van der Waals surface area contributed by atoms with Crippen LogP contribution in [0.3, 0.4) is 0 Å². The minimum atomic E-state index is -0.451. The highest BCUT2D eigenvalue weighted by atomic mass is 32.1. The lowest BCUT2D eigenvalue weighted by atomic mass is 10.2. The largest absolute Gasteiger partial charge is 0.496 e. The summed E-state index contributed by atoms with van der Waals surface area (Å²) in [6, 6.07) is 12.5. The number of methoxy groups -OCH3 is 3. The molecule has 2 aromatic carbocycles. The summed E-state index contributed by atoms with van der Waals surface area (Å²) in [6.07, 6.45) is 0. The Kier molecular flexibility index (Phi) is 5.93. The van der Waals surface area contributed by atoms with Crippen LogP contribution in [0.5, 0.6) is 17.2 Å². The Bertz CT molecular complexity index is 938. The van der Waals surface area contributed by atoms with E-state index >= 15 is 0 Å². The summed E-state index contributed by atoms with van der Waals surface area (Å²) in [6.45, 7) is 0.0840. The molecule has 140 valence electrons. The zero-order valence-electron chi connectivity index (χ0n) is 15.2. The van der Waals surface area contributed by atoms with Crippen molar-refractivity contribution in [3.05, 3.63) is 59.1 Å². The van der Waals surface area contributed by atoms with E-state index in [1.807, 2.05) is 23.6 Å². The highest BCUT2D eigenvalue weighted by Crippen LogP contribution is 2.33. The lowest BCUT2D eigenvalue weighted by Crippen LogP contribution is -2.07. The normalized spacial score (nSPS) is 10.3. The van der Waals surface area contributed by atoms with Crippen LogP contribution in [0.4, 0.5) is 0 Å². The topological polar surface area (TPSA) is 66.9 Å². The Labute approximate surface area is 161 Å². The molecule has 0 fully saturated rings. The zero-order valence-corrected chi connectivity index (χ0v) is 16.0. The monoisotopic (exact) mass is 385 g/mol. The number of para-hydroxylation sites is 1. The van der Waals surface area contributed by atoms with Gasteiger partial charge in [-0.2, -0.15) is 0 Å². The Morgan fingerprint density at radius 3 is 2.44 bits per heavy atom. The number of carbonyl (C=O) groups is 1. The quantitative estimate of drug-likeness (QED) is 0.568. The molecule has 0 amide bonds. The van der Waals surface area contributed by atoms with E-state index in [0.29, 0.717) is 28.5 Å². The molecule has 1 heterocycles. The molecular weight excluding hydrogens is 366 g/mol. The second-order valence-corrected chi connectivity index (χ2v) is 6.35. The van der Waals surface area contributed by atoms with Crippen LogP contribution in [0.15, 0.2) is 47.8 Å². The molecule has 0 aliphatic rings. The summed E-state index contributed by atoms with van der Waals surface area (Å²) in [5.41, 5.74) is 1.96. The van der Waals surface area contributed by atoms with Crippen molar-refractivity contribution in [2.24, 2.45) is 0 Å². The van der Waals surface area contributed by atoms with Gasteiger partial charge in [-0.1, -0.05) is 12.1 Å². The molecule has 6 nitrogen and oxygen atoms in total. The first-order valence-corrected chi connectivity index (χ1v) is 9.01. The average Bonchev–Trinajstić information content (AvgIpc) is 3.20. The van der Waals surface area contributed by atoms with Crippen LogP contribution in [-0.4, -0.2) is 32.3 Å². The Hall–Kier alpha value is -3.06. The number of hydrogen-bond donors (Lipinski definition) is 0. The van der Waals surface area contributed by atoms with Crippen LogP contribution in [0, 0.1) is 0 Å². The van der Waals surface area contributed by atoms with E-state index in [2.05, 4.69) is 4.98 Å². The molecule has 0 N–H and O–H groups in total. The fraction of sp³-hybridized carbons (Fsp3) is 0.200. The van der Waals surface area contributed by atoms with Crippen molar-refractivity contribution >= 4 is 17.3 Å². The molecule has 0 bridgehead atoms. The SMILES string of the molecule is COc1ccc(-c2nc(COC(=O)c3ccccc3OC)cs2)cc1OC. The molecule has 0 aliphatic carbocycles. The third kappa shape index (κ3) is 4.20. The molecule has 0 saturated carbocycles. The van der Waals surface area contributed by atoms with E-state index in [0.717, 1.165) is 10.6 Å². The molecule has 0 spiro atoms. The van der Waals surface area contributed by atoms with Crippen LogP contribution in [-0.2, 0) is 11.3 Å². The van der Waals surface area contributed by atoms with Crippen LogP contribution >= 0.6 is 11.3 Å². The summed E-state index contributed by atoms with van der Waals surface area (Å²) < 4.78 is 21.1. The van der Waals surface area contributed by atoms with Crippen LogP contribution < -0.4 is 14.2 Å².